The first-order chi connectivity index (χ1) is 9.75. The van der Waals surface area contributed by atoms with E-state index in [1.807, 2.05) is 24.3 Å². The van der Waals surface area contributed by atoms with E-state index in [2.05, 4.69) is 16.4 Å². The molecule has 1 aromatic heterocycles. The highest BCUT2D eigenvalue weighted by atomic mass is 16.4. The number of aromatic nitrogens is 3. The Kier molecular flexibility index (Phi) is 3.01. The average molecular weight is 264 g/mol. The van der Waals surface area contributed by atoms with Gasteiger partial charge in [0.25, 0.3) is 0 Å². The Balaban J connectivity index is 2.04. The summed E-state index contributed by atoms with van der Waals surface area (Å²) in [5.74, 6) is -0.950. The van der Waals surface area contributed by atoms with Crippen molar-refractivity contribution in [1.82, 2.24) is 15.0 Å². The van der Waals surface area contributed by atoms with E-state index < -0.39 is 5.97 Å². The van der Waals surface area contributed by atoms with E-state index in [-0.39, 0.29) is 5.56 Å². The minimum Gasteiger partial charge on any atom is -0.478 e. The predicted molar refractivity (Wildman–Crippen MR) is 72.6 cm³/mol. The molecule has 1 N–H and O–H groups in total. The maximum atomic E-state index is 10.8. The zero-order chi connectivity index (χ0) is 13.9. The summed E-state index contributed by atoms with van der Waals surface area (Å²) in [6, 6.07) is 16.9. The summed E-state index contributed by atoms with van der Waals surface area (Å²) in [4.78, 5) is 10.8. The molecule has 3 aromatic rings. The van der Waals surface area contributed by atoms with Gasteiger partial charge in [0.2, 0.25) is 0 Å². The summed E-state index contributed by atoms with van der Waals surface area (Å²) < 4.78 is 1.67. The Labute approximate surface area is 115 Å². The van der Waals surface area contributed by atoms with Gasteiger partial charge in [0.15, 0.2) is 0 Å². The number of carboxylic acids is 1. The molecule has 0 bridgehead atoms. The van der Waals surface area contributed by atoms with Crippen LogP contribution in [0.4, 0.5) is 0 Å². The summed E-state index contributed by atoms with van der Waals surface area (Å²) in [6.45, 7) is 0. The number of rotatable bonds is 3. The number of nitrogens with zero attached hydrogens (tertiary/aromatic N) is 3. The second-order valence-corrected chi connectivity index (χ2v) is 4.17. The molecular formula is C15H10N3O2. The van der Waals surface area contributed by atoms with Gasteiger partial charge in [-0.3, -0.25) is 0 Å². The van der Waals surface area contributed by atoms with Crippen molar-refractivity contribution >= 4 is 5.97 Å². The molecule has 0 amide bonds. The van der Waals surface area contributed by atoms with E-state index in [0.29, 0.717) is 0 Å². The van der Waals surface area contributed by atoms with Crippen LogP contribution in [0.15, 0.2) is 54.7 Å². The summed E-state index contributed by atoms with van der Waals surface area (Å²) in [5, 5.41) is 16.9. The Morgan fingerprint density at radius 1 is 1.10 bits per heavy atom. The zero-order valence-electron chi connectivity index (χ0n) is 10.4. The first-order valence-corrected chi connectivity index (χ1v) is 5.96. The Bertz CT molecular complexity index is 733. The van der Waals surface area contributed by atoms with Gasteiger partial charge in [0.1, 0.15) is 0 Å². The van der Waals surface area contributed by atoms with E-state index in [4.69, 9.17) is 5.11 Å². The van der Waals surface area contributed by atoms with Gasteiger partial charge in [-0.1, -0.05) is 29.5 Å². The summed E-state index contributed by atoms with van der Waals surface area (Å²) in [7, 11) is 0. The van der Waals surface area contributed by atoms with Crippen LogP contribution in [-0.4, -0.2) is 26.1 Å². The van der Waals surface area contributed by atoms with Crippen LogP contribution in [0.1, 0.15) is 10.4 Å². The van der Waals surface area contributed by atoms with Crippen molar-refractivity contribution in [3.05, 3.63) is 66.4 Å². The number of benzene rings is 2. The predicted octanol–water partition coefficient (Wildman–Crippen LogP) is 2.43. The summed E-state index contributed by atoms with van der Waals surface area (Å²) in [5.41, 5.74) is 2.80. The molecule has 1 heterocycles. The van der Waals surface area contributed by atoms with Gasteiger partial charge >= 0.3 is 5.97 Å². The smallest absolute Gasteiger partial charge is 0.335 e. The Morgan fingerprint density at radius 3 is 2.45 bits per heavy atom. The molecule has 0 saturated carbocycles. The van der Waals surface area contributed by atoms with E-state index in [1.165, 1.54) is 0 Å². The Morgan fingerprint density at radius 2 is 1.80 bits per heavy atom. The summed E-state index contributed by atoms with van der Waals surface area (Å²) in [6.07, 6.45) is 1.67. The molecule has 0 fully saturated rings. The van der Waals surface area contributed by atoms with Crippen molar-refractivity contribution in [2.24, 2.45) is 0 Å². The molecule has 0 unspecified atom stereocenters. The molecule has 5 heteroatoms. The fraction of sp³-hybridized carbons (Fsp3) is 0. The second-order valence-electron chi connectivity index (χ2n) is 4.17. The van der Waals surface area contributed by atoms with Crippen molar-refractivity contribution in [2.75, 3.05) is 0 Å². The lowest BCUT2D eigenvalue weighted by Gasteiger charge is -2.06. The molecule has 1 radical (unpaired) electrons. The van der Waals surface area contributed by atoms with Crippen molar-refractivity contribution < 1.29 is 9.90 Å². The molecule has 0 atom stereocenters. The molecule has 20 heavy (non-hydrogen) atoms. The van der Waals surface area contributed by atoms with Crippen molar-refractivity contribution in [3.8, 4) is 16.9 Å². The van der Waals surface area contributed by atoms with Gasteiger partial charge in [-0.05, 0) is 30.3 Å². The minimum absolute atomic E-state index is 0.240. The largest absolute Gasteiger partial charge is 0.478 e. The molecule has 0 aliphatic carbocycles. The van der Waals surface area contributed by atoms with Crippen LogP contribution in [0.2, 0.25) is 0 Å². The zero-order valence-corrected chi connectivity index (χ0v) is 10.4. The number of hydrogen-bond acceptors (Lipinski definition) is 3. The molecule has 2 aromatic carbocycles. The molecular weight excluding hydrogens is 254 g/mol. The van der Waals surface area contributed by atoms with Gasteiger partial charge in [-0.15, -0.1) is 5.10 Å². The van der Waals surface area contributed by atoms with Gasteiger partial charge < -0.3 is 5.11 Å². The number of aromatic carboxylic acids is 1. The van der Waals surface area contributed by atoms with E-state index in [9.17, 15) is 4.79 Å². The third kappa shape index (κ3) is 2.16. The SMILES string of the molecule is O=C(O)c1ccc(-n2nncc2-c2cc[c]cc2)cc1. The fourth-order valence-corrected chi connectivity index (χ4v) is 1.93. The van der Waals surface area contributed by atoms with Gasteiger partial charge in [0.05, 0.1) is 23.1 Å². The third-order valence-corrected chi connectivity index (χ3v) is 2.92. The van der Waals surface area contributed by atoms with Crippen LogP contribution >= 0.6 is 0 Å². The lowest BCUT2D eigenvalue weighted by Crippen LogP contribution is -2.01. The topological polar surface area (TPSA) is 68.0 Å². The number of carbonyl (C=O) groups is 1. The van der Waals surface area contributed by atoms with Crippen LogP contribution in [0.25, 0.3) is 16.9 Å². The lowest BCUT2D eigenvalue weighted by molar-refractivity contribution is 0.0697. The van der Waals surface area contributed by atoms with Gasteiger partial charge in [0, 0.05) is 5.56 Å². The van der Waals surface area contributed by atoms with Crippen molar-refractivity contribution in [3.63, 3.8) is 0 Å². The average Bonchev–Trinajstić information content (AvgIpc) is 2.97. The van der Waals surface area contributed by atoms with Crippen LogP contribution in [-0.2, 0) is 0 Å². The van der Waals surface area contributed by atoms with Crippen molar-refractivity contribution in [1.29, 1.82) is 0 Å². The maximum absolute atomic E-state index is 10.8. The van der Waals surface area contributed by atoms with Crippen molar-refractivity contribution in [2.45, 2.75) is 0 Å². The number of carboxylic acid groups (broad SMARTS) is 1. The first kappa shape index (κ1) is 12.1. The second kappa shape index (κ2) is 4.97. The third-order valence-electron chi connectivity index (χ3n) is 2.92. The first-order valence-electron chi connectivity index (χ1n) is 5.96. The van der Waals surface area contributed by atoms with E-state index >= 15 is 0 Å². The quantitative estimate of drug-likeness (QED) is 0.788. The normalized spacial score (nSPS) is 10.4. The van der Waals surface area contributed by atoms with Crippen LogP contribution in [0.5, 0.6) is 0 Å². The molecule has 3 rings (SSSR count). The highest BCUT2D eigenvalue weighted by Crippen LogP contribution is 2.21. The summed E-state index contributed by atoms with van der Waals surface area (Å²) >= 11 is 0. The molecule has 0 aliphatic heterocycles. The molecule has 0 spiro atoms. The van der Waals surface area contributed by atoms with Gasteiger partial charge in [-0.2, -0.15) is 0 Å². The highest BCUT2D eigenvalue weighted by molar-refractivity contribution is 5.87. The highest BCUT2D eigenvalue weighted by Gasteiger charge is 2.09. The van der Waals surface area contributed by atoms with E-state index in [0.717, 1.165) is 16.9 Å². The maximum Gasteiger partial charge on any atom is 0.335 e. The van der Waals surface area contributed by atoms with Crippen LogP contribution < -0.4 is 0 Å². The fourth-order valence-electron chi connectivity index (χ4n) is 1.93. The van der Waals surface area contributed by atoms with Crippen LogP contribution in [0.3, 0.4) is 0 Å². The van der Waals surface area contributed by atoms with E-state index in [1.54, 1.807) is 35.1 Å². The molecule has 97 valence electrons. The van der Waals surface area contributed by atoms with Gasteiger partial charge in [-0.25, -0.2) is 9.48 Å². The molecule has 0 aliphatic rings. The Hall–Kier alpha value is -2.95. The number of hydrogen-bond donors (Lipinski definition) is 1. The molecule has 5 nitrogen and oxygen atoms in total. The van der Waals surface area contributed by atoms with Crippen LogP contribution in [0, 0.1) is 6.07 Å². The standard InChI is InChI=1S/C15H10N3O2/c19-15(20)12-6-8-13(9-7-12)18-14(10-16-17-18)11-4-2-1-3-5-11/h2-10H,(H,19,20). The molecule has 0 saturated heterocycles. The lowest BCUT2D eigenvalue weighted by atomic mass is 10.1. The minimum atomic E-state index is -0.950. The monoisotopic (exact) mass is 264 g/mol.